The van der Waals surface area contributed by atoms with E-state index >= 15 is 0 Å². The molecule has 0 saturated heterocycles. The largest absolute Gasteiger partial charge is 0.461 e. The van der Waals surface area contributed by atoms with Crippen molar-refractivity contribution in [2.75, 3.05) is 11.9 Å². The lowest BCUT2D eigenvalue weighted by molar-refractivity contribution is 0.0519. The van der Waals surface area contributed by atoms with Gasteiger partial charge in [-0.25, -0.2) is 4.79 Å². The zero-order valence-corrected chi connectivity index (χ0v) is 8.40. The van der Waals surface area contributed by atoms with E-state index in [1.165, 1.54) is 6.26 Å². The Hall–Kier alpha value is -1.56. The average molecular weight is 211 g/mol. The van der Waals surface area contributed by atoms with E-state index in [2.05, 4.69) is 10.3 Å². The summed E-state index contributed by atoms with van der Waals surface area (Å²) in [7, 11) is 0. The number of nitrogens with one attached hydrogen (secondary N) is 1. The highest BCUT2D eigenvalue weighted by molar-refractivity contribution is 5.87. The van der Waals surface area contributed by atoms with Crippen LogP contribution in [-0.4, -0.2) is 29.6 Å². The summed E-state index contributed by atoms with van der Waals surface area (Å²) < 4.78 is 9.82. The fourth-order valence-electron chi connectivity index (χ4n) is 1.18. The molecule has 1 heterocycles. The van der Waals surface area contributed by atoms with E-state index in [0.29, 0.717) is 12.6 Å². The van der Waals surface area contributed by atoms with Crippen LogP contribution in [0.15, 0.2) is 10.7 Å². The summed E-state index contributed by atoms with van der Waals surface area (Å²) in [5.41, 5.74) is 5.78. The number of carbonyl (C=O) groups is 1. The third-order valence-electron chi connectivity index (χ3n) is 2.14. The smallest absolute Gasteiger partial charge is 0.360 e. The summed E-state index contributed by atoms with van der Waals surface area (Å²) in [6.07, 6.45) is 2.17. The topological polar surface area (TPSA) is 90.4 Å². The molecule has 1 aliphatic rings. The molecule has 3 N–H and O–H groups in total. The highest BCUT2D eigenvalue weighted by Crippen LogP contribution is 2.23. The van der Waals surface area contributed by atoms with Gasteiger partial charge in [0.15, 0.2) is 5.69 Å². The van der Waals surface area contributed by atoms with Gasteiger partial charge in [-0.2, -0.15) is 4.98 Å². The molecule has 6 heteroatoms. The van der Waals surface area contributed by atoms with Crippen LogP contribution in [0, 0.1) is 0 Å². The number of anilines is 1. The molecule has 0 aromatic carbocycles. The maximum Gasteiger partial charge on any atom is 0.360 e. The lowest BCUT2D eigenvalue weighted by Crippen LogP contribution is -2.13. The van der Waals surface area contributed by atoms with Crippen LogP contribution in [0.25, 0.3) is 0 Å². The van der Waals surface area contributed by atoms with Crippen LogP contribution < -0.4 is 11.1 Å². The van der Waals surface area contributed by atoms with Crippen LogP contribution in [0.1, 0.15) is 23.8 Å². The minimum absolute atomic E-state index is 0.156. The second kappa shape index (κ2) is 3.90. The molecule has 0 amide bonds. The van der Waals surface area contributed by atoms with Crippen molar-refractivity contribution in [3.63, 3.8) is 0 Å². The monoisotopic (exact) mass is 211 g/mol. The molecule has 0 radical (unpaired) electrons. The Morgan fingerprint density at radius 1 is 1.87 bits per heavy atom. The molecule has 1 aromatic heterocycles. The highest BCUT2D eigenvalue weighted by atomic mass is 16.5. The average Bonchev–Trinajstić information content (AvgIpc) is 2.72. The van der Waals surface area contributed by atoms with Gasteiger partial charge in [0.1, 0.15) is 6.26 Å². The number of esters is 1. The molecule has 6 nitrogen and oxygen atoms in total. The van der Waals surface area contributed by atoms with E-state index in [1.54, 1.807) is 6.92 Å². The van der Waals surface area contributed by atoms with Crippen molar-refractivity contribution in [2.45, 2.75) is 25.4 Å². The summed E-state index contributed by atoms with van der Waals surface area (Å²) in [5.74, 6) is -0.477. The van der Waals surface area contributed by atoms with E-state index in [1.807, 2.05) is 0 Å². The maximum atomic E-state index is 11.2. The van der Waals surface area contributed by atoms with Crippen LogP contribution >= 0.6 is 0 Å². The second-order valence-electron chi connectivity index (χ2n) is 3.41. The van der Waals surface area contributed by atoms with Gasteiger partial charge in [-0.3, -0.25) is 0 Å². The van der Waals surface area contributed by atoms with Crippen LogP contribution in [0.4, 0.5) is 6.01 Å². The molecular formula is C9H13N3O3. The summed E-state index contributed by atoms with van der Waals surface area (Å²) in [5, 5.41) is 2.97. The first-order valence-corrected chi connectivity index (χ1v) is 4.85. The second-order valence-corrected chi connectivity index (χ2v) is 3.41. The normalized spacial score (nSPS) is 23.6. The van der Waals surface area contributed by atoms with Crippen molar-refractivity contribution in [3.8, 4) is 0 Å². The van der Waals surface area contributed by atoms with Crippen molar-refractivity contribution in [3.05, 3.63) is 12.0 Å². The number of ether oxygens (including phenoxy) is 1. The van der Waals surface area contributed by atoms with Crippen LogP contribution in [-0.2, 0) is 4.74 Å². The Kier molecular flexibility index (Phi) is 2.59. The molecule has 2 unspecified atom stereocenters. The van der Waals surface area contributed by atoms with Gasteiger partial charge in [0.05, 0.1) is 6.61 Å². The molecule has 0 bridgehead atoms. The van der Waals surface area contributed by atoms with Crippen molar-refractivity contribution in [2.24, 2.45) is 5.73 Å². The zero-order valence-electron chi connectivity index (χ0n) is 8.40. The summed E-state index contributed by atoms with van der Waals surface area (Å²) >= 11 is 0. The highest BCUT2D eigenvalue weighted by Gasteiger charge is 2.34. The standard InChI is InChI=1S/C9H13N3O3/c1-2-14-8(13)7-4-15-9(12-7)11-6-3-5(6)10/h4-6H,2-3,10H2,1H3,(H,11,12). The molecule has 0 aliphatic heterocycles. The van der Waals surface area contributed by atoms with Crippen LogP contribution in [0.2, 0.25) is 0 Å². The molecule has 15 heavy (non-hydrogen) atoms. The van der Waals surface area contributed by atoms with Gasteiger partial charge in [-0.15, -0.1) is 0 Å². The fourth-order valence-corrected chi connectivity index (χ4v) is 1.18. The third-order valence-corrected chi connectivity index (χ3v) is 2.14. The molecule has 1 aliphatic carbocycles. The zero-order chi connectivity index (χ0) is 10.8. The number of rotatable bonds is 4. The van der Waals surface area contributed by atoms with Gasteiger partial charge < -0.3 is 20.2 Å². The number of hydrogen-bond donors (Lipinski definition) is 2. The lowest BCUT2D eigenvalue weighted by Gasteiger charge is -1.97. The van der Waals surface area contributed by atoms with Crippen molar-refractivity contribution in [1.29, 1.82) is 0 Å². The Bertz CT molecular complexity index is 363. The summed E-state index contributed by atoms with van der Waals surface area (Å²) in [6.45, 7) is 2.06. The molecule has 1 fully saturated rings. The van der Waals surface area contributed by atoms with E-state index in [0.717, 1.165) is 6.42 Å². The summed E-state index contributed by atoms with van der Waals surface area (Å²) in [6, 6.07) is 0.678. The first kappa shape index (κ1) is 9.97. The van der Waals surface area contributed by atoms with Crippen molar-refractivity contribution >= 4 is 12.0 Å². The van der Waals surface area contributed by atoms with Crippen LogP contribution in [0.3, 0.4) is 0 Å². The molecule has 2 rings (SSSR count). The van der Waals surface area contributed by atoms with Gasteiger partial charge in [0, 0.05) is 12.1 Å². The maximum absolute atomic E-state index is 11.2. The quantitative estimate of drug-likeness (QED) is 0.699. The molecular weight excluding hydrogens is 198 g/mol. The van der Waals surface area contributed by atoms with Gasteiger partial charge >= 0.3 is 5.97 Å². The number of oxazole rings is 1. The van der Waals surface area contributed by atoms with Crippen molar-refractivity contribution in [1.82, 2.24) is 4.98 Å². The fraction of sp³-hybridized carbons (Fsp3) is 0.556. The van der Waals surface area contributed by atoms with E-state index in [-0.39, 0.29) is 17.8 Å². The van der Waals surface area contributed by atoms with Gasteiger partial charge in [0.25, 0.3) is 6.01 Å². The van der Waals surface area contributed by atoms with Gasteiger partial charge in [0.2, 0.25) is 0 Å². The molecule has 1 aromatic rings. The Morgan fingerprint density at radius 3 is 3.20 bits per heavy atom. The van der Waals surface area contributed by atoms with E-state index in [4.69, 9.17) is 14.9 Å². The predicted molar refractivity (Wildman–Crippen MR) is 52.5 cm³/mol. The molecule has 0 spiro atoms. The SMILES string of the molecule is CCOC(=O)c1coc(NC2CC2N)n1. The number of hydrogen-bond acceptors (Lipinski definition) is 6. The Morgan fingerprint density at radius 2 is 2.60 bits per heavy atom. The van der Waals surface area contributed by atoms with E-state index < -0.39 is 5.97 Å². The predicted octanol–water partition coefficient (Wildman–Crippen LogP) is 0.363. The molecule has 82 valence electrons. The number of nitrogens with two attached hydrogens (primary N) is 1. The minimum Gasteiger partial charge on any atom is -0.461 e. The molecule has 2 atom stereocenters. The third kappa shape index (κ3) is 2.27. The first-order valence-electron chi connectivity index (χ1n) is 4.85. The van der Waals surface area contributed by atoms with Crippen LogP contribution in [0.5, 0.6) is 0 Å². The number of nitrogens with zero attached hydrogens (tertiary/aromatic N) is 1. The summed E-state index contributed by atoms with van der Waals surface area (Å²) in [4.78, 5) is 15.2. The number of aromatic nitrogens is 1. The van der Waals surface area contributed by atoms with Gasteiger partial charge in [-0.05, 0) is 13.3 Å². The van der Waals surface area contributed by atoms with Crippen molar-refractivity contribution < 1.29 is 13.9 Å². The number of carbonyl (C=O) groups excluding carboxylic acids is 1. The molecule has 1 saturated carbocycles. The lowest BCUT2D eigenvalue weighted by atomic mass is 10.5. The van der Waals surface area contributed by atoms with Gasteiger partial charge in [-0.1, -0.05) is 0 Å². The van der Waals surface area contributed by atoms with E-state index in [9.17, 15) is 4.79 Å². The Balaban J connectivity index is 1.94. The first-order chi connectivity index (χ1) is 7.20. The Labute approximate surface area is 86.8 Å². The minimum atomic E-state index is -0.477.